The first-order chi connectivity index (χ1) is 20.7. The zero-order chi connectivity index (χ0) is 30.0. The average molecular weight is 595 g/mol. The maximum absolute atomic E-state index is 13.3. The lowest BCUT2D eigenvalue weighted by molar-refractivity contribution is -0.123. The molecule has 2 fully saturated rings. The number of aryl methyl sites for hydroxylation is 1. The van der Waals surface area contributed by atoms with Crippen LogP contribution in [0.1, 0.15) is 32.7 Å². The maximum atomic E-state index is 13.3. The summed E-state index contributed by atoms with van der Waals surface area (Å²) in [6.07, 6.45) is 4.98. The number of hydrogen-bond acceptors (Lipinski definition) is 6. The zero-order valence-electron chi connectivity index (χ0n) is 22.9. The molecule has 2 bridgehead atoms. The summed E-state index contributed by atoms with van der Waals surface area (Å²) in [6, 6.07) is 16.8. The van der Waals surface area contributed by atoms with E-state index in [9.17, 15) is 23.6 Å². The topological polar surface area (TPSA) is 93.6 Å². The van der Waals surface area contributed by atoms with Crippen LogP contribution < -0.4 is 4.90 Å². The lowest BCUT2D eigenvalue weighted by atomic mass is 9.85. The van der Waals surface area contributed by atoms with Crippen LogP contribution in [-0.2, 0) is 14.3 Å². The Hall–Kier alpha value is -4.69. The van der Waals surface area contributed by atoms with Gasteiger partial charge in [0.05, 0.1) is 34.3 Å². The highest BCUT2D eigenvalue weighted by Gasteiger charge is 2.59. The zero-order valence-corrected chi connectivity index (χ0v) is 23.7. The van der Waals surface area contributed by atoms with Crippen molar-refractivity contribution in [2.45, 2.75) is 13.3 Å². The van der Waals surface area contributed by atoms with Gasteiger partial charge in [0, 0.05) is 21.5 Å². The number of benzene rings is 3. The number of aromatic nitrogens is 1. The fourth-order valence-electron chi connectivity index (χ4n) is 6.59. The van der Waals surface area contributed by atoms with E-state index in [-0.39, 0.29) is 46.6 Å². The molecule has 9 heteroatoms. The second kappa shape index (κ2) is 10.2. The van der Waals surface area contributed by atoms with Crippen molar-refractivity contribution in [3.05, 3.63) is 106 Å². The number of carbonyl (C=O) groups is 4. The van der Waals surface area contributed by atoms with E-state index in [0.29, 0.717) is 38.4 Å². The molecule has 0 spiro atoms. The molecule has 4 atom stereocenters. The molecule has 1 aliphatic heterocycles. The summed E-state index contributed by atoms with van der Waals surface area (Å²) in [5.74, 6) is -2.33. The number of anilines is 1. The Morgan fingerprint density at radius 3 is 2.26 bits per heavy atom. The first-order valence-electron chi connectivity index (χ1n) is 13.9. The number of esters is 1. The van der Waals surface area contributed by atoms with Crippen molar-refractivity contribution in [1.82, 2.24) is 4.98 Å². The molecule has 2 amide bonds. The first kappa shape index (κ1) is 27.2. The van der Waals surface area contributed by atoms with Crippen molar-refractivity contribution in [3.63, 3.8) is 0 Å². The number of carbonyl (C=O) groups excluding carboxylic acids is 4. The quantitative estimate of drug-likeness (QED) is 0.112. The number of pyridine rings is 1. The molecule has 4 aromatic rings. The lowest BCUT2D eigenvalue weighted by Gasteiger charge is -2.18. The van der Waals surface area contributed by atoms with Gasteiger partial charge in [-0.15, -0.1) is 0 Å². The number of imide groups is 1. The maximum Gasteiger partial charge on any atom is 0.339 e. The normalized spacial score (nSPS) is 22.0. The molecular formula is C34H24ClFN2O5. The van der Waals surface area contributed by atoms with Gasteiger partial charge < -0.3 is 4.74 Å². The van der Waals surface area contributed by atoms with E-state index in [1.165, 1.54) is 17.0 Å². The monoisotopic (exact) mass is 594 g/mol. The Kier molecular flexibility index (Phi) is 6.47. The summed E-state index contributed by atoms with van der Waals surface area (Å²) >= 11 is 6.38. The van der Waals surface area contributed by atoms with Crippen LogP contribution in [0.2, 0.25) is 5.02 Å². The standard InChI is InChI=1S/C34H24ClFN2O5/c1-17-26(35)13-12-24-25(34(42)43-16-28(39)19-4-8-22(36)9-5-19)15-27(37-31(17)24)18-6-10-23(11-7-18)38-32(40)29-20-2-3-21(14-20)30(29)33(38)41/h2-13,15,20-21,29-30H,14,16H2,1H3. The van der Waals surface area contributed by atoms with Crippen LogP contribution in [0, 0.1) is 36.4 Å². The summed E-state index contributed by atoms with van der Waals surface area (Å²) in [4.78, 5) is 58.4. The van der Waals surface area contributed by atoms with Crippen molar-refractivity contribution < 1.29 is 28.3 Å². The van der Waals surface area contributed by atoms with Gasteiger partial charge in [0.1, 0.15) is 5.82 Å². The van der Waals surface area contributed by atoms with Gasteiger partial charge in [-0.3, -0.25) is 19.3 Å². The molecule has 1 saturated carbocycles. The highest BCUT2D eigenvalue weighted by Crippen LogP contribution is 2.53. The third-order valence-corrected chi connectivity index (χ3v) is 9.19. The summed E-state index contributed by atoms with van der Waals surface area (Å²) in [6.45, 7) is 1.27. The molecule has 2 aliphatic carbocycles. The van der Waals surface area contributed by atoms with Crippen molar-refractivity contribution in [2.75, 3.05) is 11.5 Å². The number of amides is 2. The summed E-state index contributed by atoms with van der Waals surface area (Å²) in [5, 5.41) is 0.975. The number of fused-ring (bicyclic) bond motifs is 6. The fraction of sp³-hybridized carbons (Fsp3) is 0.206. The number of halogens is 2. The Morgan fingerprint density at radius 1 is 0.953 bits per heavy atom. The third kappa shape index (κ3) is 4.44. The third-order valence-electron chi connectivity index (χ3n) is 8.78. The average Bonchev–Trinajstić information content (AvgIpc) is 3.71. The van der Waals surface area contributed by atoms with E-state index in [4.69, 9.17) is 21.3 Å². The van der Waals surface area contributed by atoms with Crippen molar-refractivity contribution in [2.24, 2.45) is 23.7 Å². The largest absolute Gasteiger partial charge is 0.454 e. The second-order valence-electron chi connectivity index (χ2n) is 11.2. The van der Waals surface area contributed by atoms with Crippen LogP contribution in [0.25, 0.3) is 22.2 Å². The Bertz CT molecular complexity index is 1860. The fourth-order valence-corrected chi connectivity index (χ4v) is 6.74. The van der Waals surface area contributed by atoms with E-state index in [2.05, 4.69) is 12.2 Å². The van der Waals surface area contributed by atoms with Gasteiger partial charge in [0.15, 0.2) is 12.4 Å². The van der Waals surface area contributed by atoms with Gasteiger partial charge in [0.2, 0.25) is 11.8 Å². The first-order valence-corrected chi connectivity index (χ1v) is 14.3. The SMILES string of the molecule is Cc1c(Cl)ccc2c(C(=O)OCC(=O)c3ccc(F)cc3)cc(-c3ccc(N4C(=O)C5C6C=CC(C6)C5C4=O)cc3)nc12. The lowest BCUT2D eigenvalue weighted by Crippen LogP contribution is -2.32. The van der Waals surface area contributed by atoms with Gasteiger partial charge in [-0.1, -0.05) is 42.0 Å². The van der Waals surface area contributed by atoms with Crippen LogP contribution in [-0.4, -0.2) is 35.2 Å². The van der Waals surface area contributed by atoms with E-state index in [1.54, 1.807) is 49.4 Å². The molecule has 3 aliphatic rings. The number of Topliss-reactive ketones (excluding diaryl/α,β-unsaturated/α-hetero) is 1. The number of hydrogen-bond donors (Lipinski definition) is 0. The highest BCUT2D eigenvalue weighted by atomic mass is 35.5. The number of rotatable bonds is 6. The Labute approximate surface area is 250 Å². The van der Waals surface area contributed by atoms with Crippen LogP contribution in [0.4, 0.5) is 10.1 Å². The Morgan fingerprint density at radius 2 is 1.60 bits per heavy atom. The smallest absolute Gasteiger partial charge is 0.339 e. The van der Waals surface area contributed by atoms with Crippen LogP contribution in [0.15, 0.2) is 78.9 Å². The van der Waals surface area contributed by atoms with Crippen LogP contribution in [0.5, 0.6) is 0 Å². The summed E-state index contributed by atoms with van der Waals surface area (Å²) < 4.78 is 18.6. The molecule has 4 unspecified atom stereocenters. The molecule has 0 radical (unpaired) electrons. The minimum absolute atomic E-state index is 0.122. The van der Waals surface area contributed by atoms with Crippen LogP contribution in [0.3, 0.4) is 0 Å². The van der Waals surface area contributed by atoms with E-state index < -0.39 is 24.2 Å². The predicted octanol–water partition coefficient (Wildman–Crippen LogP) is 6.35. The molecule has 7 rings (SSSR count). The van der Waals surface area contributed by atoms with Crippen molar-refractivity contribution in [1.29, 1.82) is 0 Å². The second-order valence-corrected chi connectivity index (χ2v) is 11.6. The Balaban J connectivity index is 1.19. The molecule has 0 N–H and O–H groups in total. The molecule has 1 saturated heterocycles. The minimum Gasteiger partial charge on any atom is -0.454 e. The molecule has 214 valence electrons. The number of allylic oxidation sites excluding steroid dienone is 2. The van der Waals surface area contributed by atoms with Gasteiger partial charge in [-0.25, -0.2) is 14.2 Å². The molecular weight excluding hydrogens is 571 g/mol. The number of ether oxygens (including phenoxy) is 1. The molecule has 2 heterocycles. The minimum atomic E-state index is -0.731. The molecule has 7 nitrogen and oxygen atoms in total. The van der Waals surface area contributed by atoms with Gasteiger partial charge in [0.25, 0.3) is 0 Å². The summed E-state index contributed by atoms with van der Waals surface area (Å²) in [7, 11) is 0. The van der Waals surface area contributed by atoms with Gasteiger partial charge in [-0.05, 0) is 79.3 Å². The molecule has 3 aromatic carbocycles. The number of nitrogens with zero attached hydrogens (tertiary/aromatic N) is 2. The van der Waals surface area contributed by atoms with Gasteiger partial charge >= 0.3 is 5.97 Å². The highest BCUT2D eigenvalue weighted by molar-refractivity contribution is 6.32. The van der Waals surface area contributed by atoms with E-state index in [0.717, 1.165) is 18.6 Å². The van der Waals surface area contributed by atoms with E-state index >= 15 is 0 Å². The van der Waals surface area contributed by atoms with Crippen LogP contribution >= 0.6 is 11.6 Å². The van der Waals surface area contributed by atoms with Crippen molar-refractivity contribution in [3.8, 4) is 11.3 Å². The molecule has 43 heavy (non-hydrogen) atoms. The van der Waals surface area contributed by atoms with Crippen molar-refractivity contribution >= 4 is 51.8 Å². The molecule has 1 aromatic heterocycles. The van der Waals surface area contributed by atoms with Gasteiger partial charge in [-0.2, -0.15) is 0 Å². The summed E-state index contributed by atoms with van der Waals surface area (Å²) in [5.41, 5.74) is 3.15. The number of ketones is 1. The predicted molar refractivity (Wildman–Crippen MR) is 158 cm³/mol. The van der Waals surface area contributed by atoms with E-state index in [1.807, 2.05) is 0 Å².